The van der Waals surface area contributed by atoms with Crippen molar-refractivity contribution in [2.75, 3.05) is 6.54 Å². The Hall–Kier alpha value is -1.73. The highest BCUT2D eigenvalue weighted by Gasteiger charge is 2.13. The van der Waals surface area contributed by atoms with Gasteiger partial charge >= 0.3 is 0 Å². The summed E-state index contributed by atoms with van der Waals surface area (Å²) < 4.78 is 1.78. The second kappa shape index (κ2) is 5.94. The fourth-order valence-corrected chi connectivity index (χ4v) is 1.75. The van der Waals surface area contributed by atoms with Crippen LogP contribution in [-0.2, 0) is 13.5 Å². The van der Waals surface area contributed by atoms with Crippen molar-refractivity contribution in [3.05, 3.63) is 34.1 Å². The molecular weight excluding hydrogens is 291 g/mol. The molecule has 0 saturated heterocycles. The monoisotopic (exact) mass is 300 g/mol. The predicted octanol–water partition coefficient (Wildman–Crippen LogP) is 0.884. The summed E-state index contributed by atoms with van der Waals surface area (Å²) in [6.45, 7) is 0.404. The lowest BCUT2D eigenvalue weighted by Crippen LogP contribution is -2.27. The molecule has 9 heteroatoms. The largest absolute Gasteiger partial charge is 0.351 e. The fraction of sp³-hybridized carbons (Fsp3) is 0.300. The summed E-state index contributed by atoms with van der Waals surface area (Å²) in [5.41, 5.74) is 0.194. The molecule has 7 nitrogen and oxygen atoms in total. The van der Waals surface area contributed by atoms with E-state index >= 15 is 0 Å². The van der Waals surface area contributed by atoms with Gasteiger partial charge in [-0.05, 0) is 6.07 Å². The van der Waals surface area contributed by atoms with Crippen molar-refractivity contribution in [1.82, 2.24) is 30.3 Å². The first-order chi connectivity index (χ1) is 9.08. The van der Waals surface area contributed by atoms with E-state index in [4.69, 9.17) is 23.2 Å². The number of carbonyl (C=O) groups excluding carboxylic acids is 1. The van der Waals surface area contributed by atoms with Gasteiger partial charge in [-0.2, -0.15) is 0 Å². The zero-order chi connectivity index (χ0) is 13.8. The number of carbonyl (C=O) groups is 1. The maximum absolute atomic E-state index is 11.9. The van der Waals surface area contributed by atoms with Crippen LogP contribution in [0.15, 0.2) is 12.4 Å². The molecule has 0 fully saturated rings. The summed E-state index contributed by atoms with van der Waals surface area (Å²) in [4.78, 5) is 11.9. The van der Waals surface area contributed by atoms with Gasteiger partial charge in [0.15, 0.2) is 10.3 Å². The first-order valence-corrected chi connectivity index (χ1v) is 6.13. The van der Waals surface area contributed by atoms with Crippen LogP contribution in [0.25, 0.3) is 0 Å². The molecule has 1 N–H and O–H groups in total. The lowest BCUT2D eigenvalue weighted by molar-refractivity contribution is 0.0953. The standard InChI is InChI=1S/C10H10Cl2N6O/c1-18-5-14-16-8(18)2-3-13-10(19)6-4-7(11)15-17-9(6)12/h4-5H,2-3H2,1H3,(H,13,19). The third-order valence-corrected chi connectivity index (χ3v) is 2.87. The number of hydrogen-bond donors (Lipinski definition) is 1. The lowest BCUT2D eigenvalue weighted by atomic mass is 10.3. The Morgan fingerprint density at radius 2 is 2.16 bits per heavy atom. The van der Waals surface area contributed by atoms with Gasteiger partial charge < -0.3 is 9.88 Å². The summed E-state index contributed by atoms with van der Waals surface area (Å²) in [5.74, 6) is 0.418. The van der Waals surface area contributed by atoms with Gasteiger partial charge in [-0.25, -0.2) is 0 Å². The highest BCUT2D eigenvalue weighted by atomic mass is 35.5. The van der Waals surface area contributed by atoms with Crippen molar-refractivity contribution in [1.29, 1.82) is 0 Å². The molecule has 0 unspecified atom stereocenters. The number of hydrogen-bond acceptors (Lipinski definition) is 5. The third kappa shape index (κ3) is 3.39. The van der Waals surface area contributed by atoms with Crippen molar-refractivity contribution in [2.45, 2.75) is 6.42 Å². The molecule has 0 aliphatic heterocycles. The first-order valence-electron chi connectivity index (χ1n) is 5.37. The number of rotatable bonds is 4. The number of nitrogens with zero attached hydrogens (tertiary/aromatic N) is 5. The molecule has 100 valence electrons. The maximum Gasteiger partial charge on any atom is 0.254 e. The minimum Gasteiger partial charge on any atom is -0.351 e. The number of amides is 1. The maximum atomic E-state index is 11.9. The van der Waals surface area contributed by atoms with Crippen molar-refractivity contribution < 1.29 is 4.79 Å². The molecule has 0 bridgehead atoms. The fourth-order valence-electron chi connectivity index (χ4n) is 1.43. The van der Waals surface area contributed by atoms with Gasteiger partial charge in [-0.3, -0.25) is 4.79 Å². The molecule has 0 aromatic carbocycles. The second-order valence-electron chi connectivity index (χ2n) is 3.74. The van der Waals surface area contributed by atoms with Crippen LogP contribution in [0.5, 0.6) is 0 Å². The van der Waals surface area contributed by atoms with Gasteiger partial charge in [-0.1, -0.05) is 23.2 Å². The molecule has 0 spiro atoms. The Morgan fingerprint density at radius 3 is 2.84 bits per heavy atom. The van der Waals surface area contributed by atoms with Crippen molar-refractivity contribution in [3.63, 3.8) is 0 Å². The number of halogens is 2. The zero-order valence-electron chi connectivity index (χ0n) is 9.97. The molecule has 19 heavy (non-hydrogen) atoms. The third-order valence-electron chi connectivity index (χ3n) is 2.40. The Balaban J connectivity index is 1.94. The smallest absolute Gasteiger partial charge is 0.254 e. The number of aromatic nitrogens is 5. The van der Waals surface area contributed by atoms with Crippen LogP contribution < -0.4 is 5.32 Å². The topological polar surface area (TPSA) is 85.6 Å². The Kier molecular flexibility index (Phi) is 4.28. The lowest BCUT2D eigenvalue weighted by Gasteiger charge is -2.05. The molecule has 0 atom stereocenters. The highest BCUT2D eigenvalue weighted by molar-refractivity contribution is 6.34. The second-order valence-corrected chi connectivity index (χ2v) is 4.48. The Bertz CT molecular complexity index is 599. The van der Waals surface area contributed by atoms with Gasteiger partial charge in [0.05, 0.1) is 5.56 Å². The van der Waals surface area contributed by atoms with E-state index in [-0.39, 0.29) is 21.8 Å². The minimum atomic E-state index is -0.357. The van der Waals surface area contributed by atoms with Crippen LogP contribution >= 0.6 is 23.2 Å². The quantitative estimate of drug-likeness (QED) is 0.906. The van der Waals surface area contributed by atoms with Crippen LogP contribution in [0.3, 0.4) is 0 Å². The molecule has 2 aromatic heterocycles. The Labute approximate surface area is 119 Å². The van der Waals surface area contributed by atoms with Gasteiger partial charge in [0, 0.05) is 20.0 Å². The van der Waals surface area contributed by atoms with Gasteiger partial charge in [0.1, 0.15) is 12.2 Å². The molecule has 2 rings (SSSR count). The molecule has 0 aliphatic carbocycles. The summed E-state index contributed by atoms with van der Waals surface area (Å²) in [6, 6.07) is 1.37. The van der Waals surface area contributed by atoms with Crippen LogP contribution in [0.1, 0.15) is 16.2 Å². The molecular formula is C10H10Cl2N6O. The SMILES string of the molecule is Cn1cnnc1CCNC(=O)c1cc(Cl)nnc1Cl. The van der Waals surface area contributed by atoms with Crippen LogP contribution in [-0.4, -0.2) is 37.4 Å². The van der Waals surface area contributed by atoms with Crippen LogP contribution in [0.2, 0.25) is 10.3 Å². The van der Waals surface area contributed by atoms with Gasteiger partial charge in [0.2, 0.25) is 0 Å². The van der Waals surface area contributed by atoms with E-state index in [1.807, 2.05) is 7.05 Å². The Morgan fingerprint density at radius 1 is 1.37 bits per heavy atom. The molecule has 2 aromatic rings. The summed E-state index contributed by atoms with van der Waals surface area (Å²) >= 11 is 11.4. The van der Waals surface area contributed by atoms with E-state index in [1.54, 1.807) is 10.9 Å². The van der Waals surface area contributed by atoms with E-state index in [2.05, 4.69) is 25.7 Å². The zero-order valence-corrected chi connectivity index (χ0v) is 11.5. The molecule has 0 saturated carbocycles. The van der Waals surface area contributed by atoms with Gasteiger partial charge in [0.25, 0.3) is 5.91 Å². The average molecular weight is 301 g/mol. The first kappa shape index (κ1) is 13.7. The van der Waals surface area contributed by atoms with E-state index < -0.39 is 0 Å². The van der Waals surface area contributed by atoms with Crippen molar-refractivity contribution >= 4 is 29.1 Å². The van der Waals surface area contributed by atoms with E-state index in [0.29, 0.717) is 13.0 Å². The molecule has 2 heterocycles. The van der Waals surface area contributed by atoms with E-state index in [1.165, 1.54) is 6.07 Å². The van der Waals surface area contributed by atoms with Crippen LogP contribution in [0, 0.1) is 0 Å². The van der Waals surface area contributed by atoms with E-state index in [9.17, 15) is 4.79 Å². The predicted molar refractivity (Wildman–Crippen MR) is 69.1 cm³/mol. The summed E-state index contributed by atoms with van der Waals surface area (Å²) in [5, 5.41) is 17.6. The molecule has 0 radical (unpaired) electrons. The van der Waals surface area contributed by atoms with Gasteiger partial charge in [-0.15, -0.1) is 20.4 Å². The molecule has 1 amide bonds. The van der Waals surface area contributed by atoms with Crippen molar-refractivity contribution in [3.8, 4) is 0 Å². The number of aryl methyl sites for hydroxylation is 1. The molecule has 0 aliphatic rings. The highest BCUT2D eigenvalue weighted by Crippen LogP contribution is 2.14. The normalized spacial score (nSPS) is 10.5. The van der Waals surface area contributed by atoms with Crippen LogP contribution in [0.4, 0.5) is 0 Å². The average Bonchev–Trinajstić information content (AvgIpc) is 2.78. The van der Waals surface area contributed by atoms with E-state index in [0.717, 1.165) is 5.82 Å². The van der Waals surface area contributed by atoms with Crippen molar-refractivity contribution in [2.24, 2.45) is 7.05 Å². The summed E-state index contributed by atoms with van der Waals surface area (Å²) in [6.07, 6.45) is 2.16. The number of nitrogens with one attached hydrogen (secondary N) is 1. The summed E-state index contributed by atoms with van der Waals surface area (Å²) in [7, 11) is 1.83. The minimum absolute atomic E-state index is 0.0144.